The summed E-state index contributed by atoms with van der Waals surface area (Å²) in [6.07, 6.45) is 6.80. The van der Waals surface area contributed by atoms with E-state index >= 15 is 0 Å². The molecular weight excluding hydrogens is 344 g/mol. The summed E-state index contributed by atoms with van der Waals surface area (Å²) in [7, 11) is 0. The van der Waals surface area contributed by atoms with Gasteiger partial charge in [-0.2, -0.15) is 0 Å². The van der Waals surface area contributed by atoms with Crippen LogP contribution in [0.15, 0.2) is 22.7 Å². The highest BCUT2D eigenvalue weighted by Gasteiger charge is 2.15. The third kappa shape index (κ3) is 3.72. The lowest BCUT2D eigenvalue weighted by atomic mass is 9.90. The molecule has 1 nitrogen and oxygen atoms in total. The van der Waals surface area contributed by atoms with E-state index in [0.717, 1.165) is 28.1 Å². The first-order chi connectivity index (χ1) is 8.31. The SMILES string of the molecule is BrCc1cccc(Br)c1OCC1CCCCC1. The Morgan fingerprint density at radius 3 is 2.65 bits per heavy atom. The minimum atomic E-state index is 0.749. The first-order valence-electron chi connectivity index (χ1n) is 6.27. The molecule has 0 N–H and O–H groups in total. The molecule has 1 fully saturated rings. The Morgan fingerprint density at radius 1 is 1.18 bits per heavy atom. The molecule has 0 aliphatic heterocycles. The number of halogens is 2. The molecule has 0 radical (unpaired) electrons. The van der Waals surface area contributed by atoms with Crippen molar-refractivity contribution in [2.24, 2.45) is 5.92 Å². The highest BCUT2D eigenvalue weighted by molar-refractivity contribution is 9.10. The number of para-hydroxylation sites is 1. The number of ether oxygens (including phenoxy) is 1. The van der Waals surface area contributed by atoms with Gasteiger partial charge >= 0.3 is 0 Å². The Bertz CT molecular complexity index is 359. The smallest absolute Gasteiger partial charge is 0.137 e. The monoisotopic (exact) mass is 360 g/mol. The van der Waals surface area contributed by atoms with E-state index in [1.165, 1.54) is 37.7 Å². The van der Waals surface area contributed by atoms with Gasteiger partial charge in [0, 0.05) is 10.9 Å². The van der Waals surface area contributed by atoms with Gasteiger partial charge in [0.05, 0.1) is 11.1 Å². The van der Waals surface area contributed by atoms with E-state index in [-0.39, 0.29) is 0 Å². The molecule has 0 heterocycles. The van der Waals surface area contributed by atoms with Gasteiger partial charge in [0.15, 0.2) is 0 Å². The summed E-state index contributed by atoms with van der Waals surface area (Å²) < 4.78 is 7.08. The molecule has 94 valence electrons. The topological polar surface area (TPSA) is 9.23 Å². The second-order valence-electron chi connectivity index (χ2n) is 4.68. The number of benzene rings is 1. The van der Waals surface area contributed by atoms with Crippen molar-refractivity contribution in [1.29, 1.82) is 0 Å². The van der Waals surface area contributed by atoms with Crippen LogP contribution in [0.1, 0.15) is 37.7 Å². The zero-order valence-electron chi connectivity index (χ0n) is 9.92. The van der Waals surface area contributed by atoms with Crippen molar-refractivity contribution >= 4 is 31.9 Å². The summed E-state index contributed by atoms with van der Waals surface area (Å²) in [5.41, 5.74) is 1.22. The average Bonchev–Trinajstić information content (AvgIpc) is 2.38. The van der Waals surface area contributed by atoms with Crippen molar-refractivity contribution in [2.75, 3.05) is 6.61 Å². The molecular formula is C14H18Br2O. The van der Waals surface area contributed by atoms with Crippen LogP contribution < -0.4 is 4.74 Å². The Morgan fingerprint density at radius 2 is 1.94 bits per heavy atom. The Balaban J connectivity index is 1.97. The molecule has 0 aromatic heterocycles. The third-order valence-corrected chi connectivity index (χ3v) is 4.61. The summed E-state index contributed by atoms with van der Waals surface area (Å²) in [6.45, 7) is 0.864. The van der Waals surface area contributed by atoms with Crippen LogP contribution in [0.2, 0.25) is 0 Å². The van der Waals surface area contributed by atoms with Gasteiger partial charge in [-0.1, -0.05) is 47.3 Å². The second-order valence-corrected chi connectivity index (χ2v) is 6.09. The minimum Gasteiger partial charge on any atom is -0.492 e. The van der Waals surface area contributed by atoms with Crippen molar-refractivity contribution in [2.45, 2.75) is 37.4 Å². The molecule has 0 amide bonds. The number of alkyl halides is 1. The molecule has 1 saturated carbocycles. The van der Waals surface area contributed by atoms with Crippen molar-refractivity contribution in [3.05, 3.63) is 28.2 Å². The van der Waals surface area contributed by atoms with Gasteiger partial charge in [-0.3, -0.25) is 0 Å². The molecule has 3 heteroatoms. The van der Waals surface area contributed by atoms with Crippen LogP contribution in [-0.2, 0) is 5.33 Å². The average molecular weight is 362 g/mol. The fourth-order valence-electron chi connectivity index (χ4n) is 2.38. The van der Waals surface area contributed by atoms with Gasteiger partial charge in [0.1, 0.15) is 5.75 Å². The molecule has 1 aromatic rings. The van der Waals surface area contributed by atoms with E-state index < -0.39 is 0 Å². The van der Waals surface area contributed by atoms with Crippen LogP contribution in [0.25, 0.3) is 0 Å². The lowest BCUT2D eigenvalue weighted by Gasteiger charge is -2.22. The van der Waals surface area contributed by atoms with E-state index in [1.807, 2.05) is 12.1 Å². The molecule has 0 bridgehead atoms. The first-order valence-corrected chi connectivity index (χ1v) is 8.19. The van der Waals surface area contributed by atoms with Gasteiger partial charge in [0.2, 0.25) is 0 Å². The Labute approximate surface area is 120 Å². The van der Waals surface area contributed by atoms with Crippen LogP contribution in [0, 0.1) is 5.92 Å². The fourth-order valence-corrected chi connectivity index (χ4v) is 3.34. The summed E-state index contributed by atoms with van der Waals surface area (Å²) >= 11 is 7.07. The molecule has 17 heavy (non-hydrogen) atoms. The first kappa shape index (κ1) is 13.4. The number of hydrogen-bond donors (Lipinski definition) is 0. The lowest BCUT2D eigenvalue weighted by molar-refractivity contribution is 0.207. The highest BCUT2D eigenvalue weighted by Crippen LogP contribution is 2.32. The van der Waals surface area contributed by atoms with Crippen molar-refractivity contribution in [1.82, 2.24) is 0 Å². The Kier molecular flexibility index (Phi) is 5.36. The van der Waals surface area contributed by atoms with E-state index in [1.54, 1.807) is 0 Å². The van der Waals surface area contributed by atoms with Crippen LogP contribution >= 0.6 is 31.9 Å². The summed E-state index contributed by atoms with van der Waals surface area (Å²) in [6, 6.07) is 6.20. The molecule has 0 atom stereocenters. The quantitative estimate of drug-likeness (QED) is 0.661. The molecule has 1 aliphatic carbocycles. The van der Waals surface area contributed by atoms with Crippen molar-refractivity contribution in [3.63, 3.8) is 0 Å². The zero-order valence-corrected chi connectivity index (χ0v) is 13.1. The highest BCUT2D eigenvalue weighted by atomic mass is 79.9. The Hall–Kier alpha value is -0.0200. The molecule has 1 aromatic carbocycles. The molecule has 0 saturated heterocycles. The van der Waals surface area contributed by atoms with Crippen molar-refractivity contribution in [3.8, 4) is 5.75 Å². The van der Waals surface area contributed by atoms with E-state index in [4.69, 9.17) is 4.74 Å². The standard InChI is InChI=1S/C14H18Br2O/c15-9-12-7-4-8-13(16)14(12)17-10-11-5-2-1-3-6-11/h4,7-8,11H,1-3,5-6,9-10H2. The van der Waals surface area contributed by atoms with E-state index in [0.29, 0.717) is 0 Å². The maximum atomic E-state index is 6.02. The fraction of sp³-hybridized carbons (Fsp3) is 0.571. The van der Waals surface area contributed by atoms with E-state index in [9.17, 15) is 0 Å². The largest absolute Gasteiger partial charge is 0.492 e. The van der Waals surface area contributed by atoms with Crippen LogP contribution in [0.5, 0.6) is 5.75 Å². The maximum Gasteiger partial charge on any atom is 0.137 e. The summed E-state index contributed by atoms with van der Waals surface area (Å²) in [4.78, 5) is 0. The van der Waals surface area contributed by atoms with Gasteiger partial charge in [-0.25, -0.2) is 0 Å². The molecule has 2 rings (SSSR count). The van der Waals surface area contributed by atoms with Gasteiger partial charge in [-0.05, 0) is 40.8 Å². The molecule has 1 aliphatic rings. The predicted octanol–water partition coefficient (Wildman–Crippen LogP) is 5.30. The maximum absolute atomic E-state index is 6.02. The van der Waals surface area contributed by atoms with Crippen LogP contribution in [-0.4, -0.2) is 6.61 Å². The van der Waals surface area contributed by atoms with Crippen LogP contribution in [0.3, 0.4) is 0 Å². The number of hydrogen-bond acceptors (Lipinski definition) is 1. The lowest BCUT2D eigenvalue weighted by Crippen LogP contribution is -2.15. The van der Waals surface area contributed by atoms with Gasteiger partial charge < -0.3 is 4.74 Å². The number of rotatable bonds is 4. The van der Waals surface area contributed by atoms with Crippen LogP contribution in [0.4, 0.5) is 0 Å². The summed E-state index contributed by atoms with van der Waals surface area (Å²) in [5, 5.41) is 0.840. The third-order valence-electron chi connectivity index (χ3n) is 3.38. The van der Waals surface area contributed by atoms with Gasteiger partial charge in [0.25, 0.3) is 0 Å². The molecule has 0 spiro atoms. The minimum absolute atomic E-state index is 0.749. The van der Waals surface area contributed by atoms with Crippen molar-refractivity contribution < 1.29 is 4.74 Å². The van der Waals surface area contributed by atoms with Gasteiger partial charge in [-0.15, -0.1) is 0 Å². The molecule has 0 unspecified atom stereocenters. The second kappa shape index (κ2) is 6.79. The zero-order chi connectivity index (χ0) is 12.1. The normalized spacial score (nSPS) is 17.1. The van der Waals surface area contributed by atoms with E-state index in [2.05, 4.69) is 37.9 Å². The summed E-state index contributed by atoms with van der Waals surface area (Å²) in [5.74, 6) is 1.76. The predicted molar refractivity (Wildman–Crippen MR) is 78.8 cm³/mol.